The molecule has 0 aromatic heterocycles. The molecule has 3 fully saturated rings. The van der Waals surface area contributed by atoms with E-state index in [1.165, 1.54) is 12.8 Å². The smallest absolute Gasteiger partial charge is 0.222 e. The zero-order valence-corrected chi connectivity index (χ0v) is 14.2. The zero-order valence-electron chi connectivity index (χ0n) is 14.2. The standard InChI is InChI=1S/C18H31NO2/c1-6-14-13-9-12-10-18(13,7-8-21-14)16(17(12,4)5)19-15(20)11(2)3/h11-14,16H,6-10H2,1-5H3,(H,19,20)/t12-,13-,14-,16-,18-/m1/s1. The van der Waals surface area contributed by atoms with Crippen molar-refractivity contribution in [3.8, 4) is 0 Å². The van der Waals surface area contributed by atoms with Gasteiger partial charge in [0.05, 0.1) is 6.10 Å². The van der Waals surface area contributed by atoms with Gasteiger partial charge in [-0.05, 0) is 48.3 Å². The molecule has 2 aliphatic carbocycles. The van der Waals surface area contributed by atoms with Crippen molar-refractivity contribution in [1.82, 2.24) is 5.32 Å². The minimum absolute atomic E-state index is 0.0663. The van der Waals surface area contributed by atoms with E-state index in [-0.39, 0.29) is 22.7 Å². The fourth-order valence-electron chi connectivity index (χ4n) is 5.62. The highest BCUT2D eigenvalue weighted by Crippen LogP contribution is 2.68. The highest BCUT2D eigenvalue weighted by Gasteiger charge is 2.68. The molecule has 3 aliphatic rings. The van der Waals surface area contributed by atoms with Crippen LogP contribution in [0.2, 0.25) is 0 Å². The normalized spacial score (nSPS) is 43.9. The largest absolute Gasteiger partial charge is 0.378 e. The quantitative estimate of drug-likeness (QED) is 0.866. The molecule has 0 aromatic carbocycles. The molecule has 0 unspecified atom stereocenters. The zero-order chi connectivity index (χ0) is 15.4. The molecule has 5 atom stereocenters. The Kier molecular flexibility index (Phi) is 3.63. The summed E-state index contributed by atoms with van der Waals surface area (Å²) < 4.78 is 6.04. The van der Waals surface area contributed by atoms with Crippen LogP contribution in [0.4, 0.5) is 0 Å². The van der Waals surface area contributed by atoms with E-state index in [1.54, 1.807) is 0 Å². The first kappa shape index (κ1) is 15.3. The molecule has 3 heteroatoms. The van der Waals surface area contributed by atoms with Crippen molar-refractivity contribution >= 4 is 5.91 Å². The lowest BCUT2D eigenvalue weighted by molar-refractivity contribution is -0.138. The second-order valence-electron chi connectivity index (χ2n) is 8.46. The molecule has 1 heterocycles. The molecule has 1 saturated heterocycles. The first-order valence-electron chi connectivity index (χ1n) is 8.75. The summed E-state index contributed by atoms with van der Waals surface area (Å²) >= 11 is 0. The molecule has 1 spiro atoms. The molecule has 1 N–H and O–H groups in total. The van der Waals surface area contributed by atoms with Crippen LogP contribution in [0.1, 0.15) is 60.3 Å². The van der Waals surface area contributed by atoms with Crippen LogP contribution in [0, 0.1) is 28.6 Å². The maximum Gasteiger partial charge on any atom is 0.222 e. The van der Waals surface area contributed by atoms with Crippen molar-refractivity contribution in [2.75, 3.05) is 6.61 Å². The van der Waals surface area contributed by atoms with Gasteiger partial charge in [-0.2, -0.15) is 0 Å². The Labute approximate surface area is 129 Å². The predicted molar refractivity (Wildman–Crippen MR) is 83.8 cm³/mol. The molecule has 0 radical (unpaired) electrons. The number of fused-ring (bicyclic) bond motifs is 1. The van der Waals surface area contributed by atoms with E-state index >= 15 is 0 Å². The number of hydrogen-bond acceptors (Lipinski definition) is 2. The van der Waals surface area contributed by atoms with Crippen LogP contribution >= 0.6 is 0 Å². The molecular formula is C18H31NO2. The lowest BCUT2D eigenvalue weighted by atomic mass is 9.59. The average molecular weight is 293 g/mol. The van der Waals surface area contributed by atoms with Crippen LogP contribution in [0.25, 0.3) is 0 Å². The minimum atomic E-state index is 0.0663. The Morgan fingerprint density at radius 1 is 1.38 bits per heavy atom. The molecule has 2 bridgehead atoms. The lowest BCUT2D eigenvalue weighted by Crippen LogP contribution is -2.60. The molecule has 1 aliphatic heterocycles. The second kappa shape index (κ2) is 4.97. The maximum absolute atomic E-state index is 12.3. The Hall–Kier alpha value is -0.570. The number of carbonyl (C=O) groups excluding carboxylic acids is 1. The summed E-state index contributed by atoms with van der Waals surface area (Å²) in [6, 6.07) is 0.321. The van der Waals surface area contributed by atoms with Gasteiger partial charge in [0.15, 0.2) is 0 Å². The number of rotatable bonds is 3. The van der Waals surface area contributed by atoms with Crippen LogP contribution in [0.3, 0.4) is 0 Å². The van der Waals surface area contributed by atoms with Crippen molar-refractivity contribution in [2.24, 2.45) is 28.6 Å². The SMILES string of the molecule is CC[C@H]1OCC[C@@]23C[C@@H](C[C@H]12)C(C)(C)[C@H]3NC(=O)C(C)C. The molecule has 120 valence electrons. The Balaban J connectivity index is 1.91. The van der Waals surface area contributed by atoms with Gasteiger partial charge < -0.3 is 10.1 Å². The van der Waals surface area contributed by atoms with Crippen molar-refractivity contribution in [3.63, 3.8) is 0 Å². The summed E-state index contributed by atoms with van der Waals surface area (Å²) in [4.78, 5) is 12.3. The minimum Gasteiger partial charge on any atom is -0.378 e. The van der Waals surface area contributed by atoms with Gasteiger partial charge in [0.2, 0.25) is 5.91 Å². The third-order valence-electron chi connectivity index (χ3n) is 6.84. The summed E-state index contributed by atoms with van der Waals surface area (Å²) in [7, 11) is 0. The summed E-state index contributed by atoms with van der Waals surface area (Å²) in [5.41, 5.74) is 0.508. The summed E-state index contributed by atoms with van der Waals surface area (Å²) in [6.07, 6.45) is 5.20. The van der Waals surface area contributed by atoms with Gasteiger partial charge in [-0.3, -0.25) is 4.79 Å². The van der Waals surface area contributed by atoms with E-state index in [2.05, 4.69) is 26.1 Å². The maximum atomic E-state index is 12.3. The van der Waals surface area contributed by atoms with E-state index in [4.69, 9.17) is 4.74 Å². The van der Waals surface area contributed by atoms with Gasteiger partial charge in [-0.15, -0.1) is 0 Å². The van der Waals surface area contributed by atoms with Crippen LogP contribution in [-0.4, -0.2) is 24.7 Å². The van der Waals surface area contributed by atoms with Crippen molar-refractivity contribution in [3.05, 3.63) is 0 Å². The summed E-state index contributed by atoms with van der Waals surface area (Å²) in [5.74, 6) is 1.66. The molecule has 21 heavy (non-hydrogen) atoms. The molecular weight excluding hydrogens is 262 g/mol. The van der Waals surface area contributed by atoms with E-state index in [0.717, 1.165) is 25.4 Å². The highest BCUT2D eigenvalue weighted by molar-refractivity contribution is 5.78. The van der Waals surface area contributed by atoms with Crippen molar-refractivity contribution < 1.29 is 9.53 Å². The first-order chi connectivity index (χ1) is 9.83. The van der Waals surface area contributed by atoms with Gasteiger partial charge in [0, 0.05) is 18.6 Å². The van der Waals surface area contributed by atoms with Crippen LogP contribution < -0.4 is 5.32 Å². The lowest BCUT2D eigenvalue weighted by Gasteiger charge is -2.53. The van der Waals surface area contributed by atoms with E-state index in [0.29, 0.717) is 18.1 Å². The second-order valence-corrected chi connectivity index (χ2v) is 8.46. The summed E-state index contributed by atoms with van der Waals surface area (Å²) in [6.45, 7) is 11.8. The molecule has 1 amide bonds. The topological polar surface area (TPSA) is 38.3 Å². The van der Waals surface area contributed by atoms with Crippen molar-refractivity contribution in [1.29, 1.82) is 0 Å². The highest BCUT2D eigenvalue weighted by atomic mass is 16.5. The summed E-state index contributed by atoms with van der Waals surface area (Å²) in [5, 5.41) is 3.44. The Morgan fingerprint density at radius 3 is 2.71 bits per heavy atom. The number of amides is 1. The van der Waals surface area contributed by atoms with E-state index in [1.807, 2.05) is 13.8 Å². The Morgan fingerprint density at radius 2 is 2.10 bits per heavy atom. The number of nitrogens with one attached hydrogen (secondary N) is 1. The first-order valence-corrected chi connectivity index (χ1v) is 8.75. The number of carbonyl (C=O) groups is 1. The van der Waals surface area contributed by atoms with Gasteiger partial charge >= 0.3 is 0 Å². The fraction of sp³-hybridized carbons (Fsp3) is 0.944. The molecule has 0 aromatic rings. The monoisotopic (exact) mass is 293 g/mol. The van der Waals surface area contributed by atoms with E-state index in [9.17, 15) is 4.79 Å². The predicted octanol–water partition coefficient (Wildman–Crippen LogP) is 3.38. The molecule has 3 nitrogen and oxygen atoms in total. The van der Waals surface area contributed by atoms with Crippen molar-refractivity contribution in [2.45, 2.75) is 72.4 Å². The van der Waals surface area contributed by atoms with Gasteiger partial charge in [0.1, 0.15) is 0 Å². The molecule has 2 saturated carbocycles. The number of ether oxygens (including phenoxy) is 1. The Bertz CT molecular complexity index is 431. The van der Waals surface area contributed by atoms with Gasteiger partial charge in [-0.25, -0.2) is 0 Å². The third-order valence-corrected chi connectivity index (χ3v) is 6.84. The fourth-order valence-corrected chi connectivity index (χ4v) is 5.62. The van der Waals surface area contributed by atoms with Crippen LogP contribution in [0.5, 0.6) is 0 Å². The molecule has 3 rings (SSSR count). The van der Waals surface area contributed by atoms with Gasteiger partial charge in [0.25, 0.3) is 0 Å². The van der Waals surface area contributed by atoms with Crippen LogP contribution in [-0.2, 0) is 9.53 Å². The third kappa shape index (κ3) is 2.07. The van der Waals surface area contributed by atoms with Crippen LogP contribution in [0.15, 0.2) is 0 Å². The van der Waals surface area contributed by atoms with E-state index < -0.39 is 0 Å². The average Bonchev–Trinajstić information content (AvgIpc) is 2.91. The number of hydrogen-bond donors (Lipinski definition) is 1. The van der Waals surface area contributed by atoms with Gasteiger partial charge in [-0.1, -0.05) is 34.6 Å².